The van der Waals surface area contributed by atoms with Gasteiger partial charge in [-0.05, 0) is 32.2 Å². The summed E-state index contributed by atoms with van der Waals surface area (Å²) >= 11 is 1.49. The largest absolute Gasteiger partial charge is 0.455 e. The quantitative estimate of drug-likeness (QED) is 0.631. The second-order valence-electron chi connectivity index (χ2n) is 5.67. The number of amides is 1. The van der Waals surface area contributed by atoms with Gasteiger partial charge in [0.15, 0.2) is 10.9 Å². The lowest BCUT2D eigenvalue weighted by Crippen LogP contribution is -2.51. The Hall–Kier alpha value is -1.86. The summed E-state index contributed by atoms with van der Waals surface area (Å²) in [6.45, 7) is 4.49. The summed E-state index contributed by atoms with van der Waals surface area (Å²) in [5, 5.41) is 0.699. The second-order valence-corrected chi connectivity index (χ2v) is 6.61. The topological polar surface area (TPSA) is 62.5 Å². The number of aromatic nitrogens is 2. The number of hydrogen-bond acceptors (Lipinski definition) is 6. The van der Waals surface area contributed by atoms with Crippen molar-refractivity contribution >= 4 is 17.7 Å². The van der Waals surface area contributed by atoms with Gasteiger partial charge in [-0.15, -0.1) is 0 Å². The zero-order valence-electron chi connectivity index (χ0n) is 13.3. The summed E-state index contributed by atoms with van der Waals surface area (Å²) in [5.41, 5.74) is 0. The highest BCUT2D eigenvalue weighted by molar-refractivity contribution is 7.98. The van der Waals surface area contributed by atoms with Crippen LogP contribution in [0.5, 0.6) is 0 Å². The van der Waals surface area contributed by atoms with E-state index in [1.54, 1.807) is 24.5 Å². The molecule has 1 atom stereocenters. The minimum Gasteiger partial charge on any atom is -0.455 e. The highest BCUT2D eigenvalue weighted by atomic mass is 32.2. The van der Waals surface area contributed by atoms with E-state index in [9.17, 15) is 4.79 Å². The Kier molecular flexibility index (Phi) is 4.97. The number of thioether (sulfide) groups is 1. The monoisotopic (exact) mass is 332 g/mol. The maximum absolute atomic E-state index is 12.5. The molecule has 0 N–H and O–H groups in total. The average Bonchev–Trinajstić information content (AvgIpc) is 3.05. The number of furan rings is 1. The smallest absolute Gasteiger partial charge is 0.289 e. The summed E-state index contributed by atoms with van der Waals surface area (Å²) < 4.78 is 5.70. The van der Waals surface area contributed by atoms with Crippen LogP contribution in [0.4, 0.5) is 0 Å². The van der Waals surface area contributed by atoms with E-state index in [1.165, 1.54) is 11.8 Å². The van der Waals surface area contributed by atoms with Crippen LogP contribution >= 0.6 is 11.8 Å². The first kappa shape index (κ1) is 16.0. The number of carbonyl (C=O) groups is 1. The third-order valence-corrected chi connectivity index (χ3v) is 4.90. The molecular formula is C16H20N4O2S. The first-order valence-electron chi connectivity index (χ1n) is 7.61. The molecule has 6 nitrogen and oxygen atoms in total. The van der Waals surface area contributed by atoms with Crippen molar-refractivity contribution in [2.45, 2.75) is 23.9 Å². The zero-order valence-corrected chi connectivity index (χ0v) is 14.1. The van der Waals surface area contributed by atoms with Crippen LogP contribution in [0.3, 0.4) is 0 Å². The normalized spacial score (nSPS) is 19.0. The standard InChI is InChI=1S/C16H20N4O2S/c1-12-10-20(9-8-19(12)2)15(21)14-5-4-13(22-14)11-23-16-17-6-3-7-18-16/h3-7,12H,8-11H2,1-2H3/t12-/m0/s1. The van der Waals surface area contributed by atoms with E-state index in [-0.39, 0.29) is 5.91 Å². The highest BCUT2D eigenvalue weighted by Crippen LogP contribution is 2.21. The molecule has 3 rings (SSSR count). The molecule has 0 aromatic carbocycles. The third-order valence-electron chi connectivity index (χ3n) is 4.00. The van der Waals surface area contributed by atoms with Crippen LogP contribution in [0.1, 0.15) is 23.2 Å². The Labute approximate surface area is 139 Å². The summed E-state index contributed by atoms with van der Waals surface area (Å²) in [6, 6.07) is 5.76. The summed E-state index contributed by atoms with van der Waals surface area (Å²) in [4.78, 5) is 25.0. The molecule has 2 aromatic heterocycles. The fraction of sp³-hybridized carbons (Fsp3) is 0.438. The van der Waals surface area contributed by atoms with Gasteiger partial charge >= 0.3 is 0 Å². The van der Waals surface area contributed by atoms with Crippen LogP contribution in [-0.4, -0.2) is 58.4 Å². The van der Waals surface area contributed by atoms with Crippen molar-refractivity contribution in [3.8, 4) is 0 Å². The van der Waals surface area contributed by atoms with E-state index >= 15 is 0 Å². The van der Waals surface area contributed by atoms with E-state index in [0.29, 0.717) is 22.7 Å². The lowest BCUT2D eigenvalue weighted by molar-refractivity contribution is 0.0541. The van der Waals surface area contributed by atoms with Gasteiger partial charge in [-0.1, -0.05) is 11.8 Å². The molecule has 2 aromatic rings. The lowest BCUT2D eigenvalue weighted by atomic mass is 10.2. The van der Waals surface area contributed by atoms with Crippen molar-refractivity contribution in [3.05, 3.63) is 42.1 Å². The minimum absolute atomic E-state index is 0.0304. The van der Waals surface area contributed by atoms with Gasteiger partial charge in [0.2, 0.25) is 0 Å². The van der Waals surface area contributed by atoms with Gasteiger partial charge in [0.05, 0.1) is 5.75 Å². The molecule has 0 bridgehead atoms. The molecule has 3 heterocycles. The van der Waals surface area contributed by atoms with Crippen LogP contribution in [0, 0.1) is 0 Å². The summed E-state index contributed by atoms with van der Waals surface area (Å²) in [6.07, 6.45) is 3.42. The van der Waals surface area contributed by atoms with Gasteiger partial charge in [-0.3, -0.25) is 4.79 Å². The molecule has 0 radical (unpaired) electrons. The fourth-order valence-electron chi connectivity index (χ4n) is 2.45. The molecule has 1 aliphatic heterocycles. The molecule has 0 aliphatic carbocycles. The Morgan fingerprint density at radius 3 is 2.87 bits per heavy atom. The van der Waals surface area contributed by atoms with Crippen LogP contribution in [0.25, 0.3) is 0 Å². The molecule has 1 saturated heterocycles. The Bertz CT molecular complexity index is 661. The van der Waals surface area contributed by atoms with Crippen LogP contribution < -0.4 is 0 Å². The molecular weight excluding hydrogens is 312 g/mol. The fourth-order valence-corrected chi connectivity index (χ4v) is 3.15. The van der Waals surface area contributed by atoms with Crippen molar-refractivity contribution in [3.63, 3.8) is 0 Å². The second kappa shape index (κ2) is 7.14. The molecule has 1 aliphatic rings. The van der Waals surface area contributed by atoms with E-state index in [0.717, 1.165) is 25.4 Å². The SMILES string of the molecule is C[C@H]1CN(C(=O)c2ccc(CSc3ncccn3)o2)CCN1C. The van der Waals surface area contributed by atoms with E-state index in [2.05, 4.69) is 28.8 Å². The molecule has 122 valence electrons. The maximum Gasteiger partial charge on any atom is 0.289 e. The third kappa shape index (κ3) is 3.92. The Morgan fingerprint density at radius 1 is 1.35 bits per heavy atom. The number of carbonyl (C=O) groups excluding carboxylic acids is 1. The average molecular weight is 332 g/mol. The number of likely N-dealkylation sites (N-methyl/N-ethyl adjacent to an activating group) is 1. The van der Waals surface area contributed by atoms with Gasteiger partial charge < -0.3 is 14.2 Å². The summed E-state index contributed by atoms with van der Waals surface area (Å²) in [5.74, 6) is 1.74. The molecule has 0 saturated carbocycles. The van der Waals surface area contributed by atoms with Gasteiger partial charge in [0.25, 0.3) is 5.91 Å². The van der Waals surface area contributed by atoms with Gasteiger partial charge in [0, 0.05) is 38.1 Å². The van der Waals surface area contributed by atoms with Crippen molar-refractivity contribution < 1.29 is 9.21 Å². The number of hydrogen-bond donors (Lipinski definition) is 0. The maximum atomic E-state index is 12.5. The van der Waals surface area contributed by atoms with Gasteiger partial charge in [-0.2, -0.15) is 0 Å². The Balaban J connectivity index is 1.59. The number of rotatable bonds is 4. The molecule has 23 heavy (non-hydrogen) atoms. The first-order valence-corrected chi connectivity index (χ1v) is 8.60. The van der Waals surface area contributed by atoms with Crippen molar-refractivity contribution in [1.29, 1.82) is 0 Å². The minimum atomic E-state index is -0.0304. The van der Waals surface area contributed by atoms with Crippen LogP contribution in [0.2, 0.25) is 0 Å². The summed E-state index contributed by atoms with van der Waals surface area (Å²) in [7, 11) is 2.08. The molecule has 1 amide bonds. The lowest BCUT2D eigenvalue weighted by Gasteiger charge is -2.37. The van der Waals surface area contributed by atoms with E-state index in [4.69, 9.17) is 4.42 Å². The molecule has 7 heteroatoms. The number of nitrogens with zero attached hydrogens (tertiary/aromatic N) is 4. The van der Waals surface area contributed by atoms with Crippen molar-refractivity contribution in [1.82, 2.24) is 19.8 Å². The van der Waals surface area contributed by atoms with Crippen LogP contribution in [0.15, 0.2) is 40.2 Å². The van der Waals surface area contributed by atoms with E-state index < -0.39 is 0 Å². The van der Waals surface area contributed by atoms with Gasteiger partial charge in [-0.25, -0.2) is 9.97 Å². The van der Waals surface area contributed by atoms with Gasteiger partial charge in [0.1, 0.15) is 5.76 Å². The molecule has 1 fully saturated rings. The molecule has 0 spiro atoms. The predicted octanol–water partition coefficient (Wildman–Crippen LogP) is 2.14. The predicted molar refractivity (Wildman–Crippen MR) is 88.3 cm³/mol. The van der Waals surface area contributed by atoms with E-state index in [1.807, 2.05) is 11.0 Å². The van der Waals surface area contributed by atoms with Crippen LogP contribution in [-0.2, 0) is 5.75 Å². The van der Waals surface area contributed by atoms with Crippen molar-refractivity contribution in [2.24, 2.45) is 0 Å². The Morgan fingerprint density at radius 2 is 2.13 bits per heavy atom. The highest BCUT2D eigenvalue weighted by Gasteiger charge is 2.26. The zero-order chi connectivity index (χ0) is 16.2. The van der Waals surface area contributed by atoms with Crippen molar-refractivity contribution in [2.75, 3.05) is 26.7 Å². The molecule has 0 unspecified atom stereocenters. The number of piperazine rings is 1. The first-order chi connectivity index (χ1) is 11.1.